The second kappa shape index (κ2) is 3.29. The highest BCUT2D eigenvalue weighted by Gasteiger charge is 2.51. The lowest BCUT2D eigenvalue weighted by molar-refractivity contribution is -0.0650. The molecule has 3 rings (SSSR count). The average Bonchev–Trinajstić information content (AvgIpc) is 2.47. The van der Waals surface area contributed by atoms with E-state index in [-0.39, 0.29) is 16.0 Å². The van der Waals surface area contributed by atoms with Crippen molar-refractivity contribution in [2.24, 2.45) is 0 Å². The van der Waals surface area contributed by atoms with E-state index in [2.05, 4.69) is 12.1 Å². The number of benzene rings is 1. The summed E-state index contributed by atoms with van der Waals surface area (Å²) in [5.74, 6) is 0. The Labute approximate surface area is 90.4 Å². The van der Waals surface area contributed by atoms with Crippen LogP contribution in [0.4, 0.5) is 4.79 Å². The SMILES string of the molecule is O=C1S[C@@H]2[C@@H](O[C@H]2c2ccccc2)S1. The minimum atomic E-state index is 0.0951. The first-order chi connectivity index (χ1) is 6.84. The van der Waals surface area contributed by atoms with E-state index in [0.717, 1.165) is 0 Å². The molecule has 0 radical (unpaired) electrons. The van der Waals surface area contributed by atoms with E-state index in [0.29, 0.717) is 5.25 Å². The maximum atomic E-state index is 11.1. The Morgan fingerprint density at radius 2 is 1.93 bits per heavy atom. The predicted molar refractivity (Wildman–Crippen MR) is 58.4 cm³/mol. The first-order valence-electron chi connectivity index (χ1n) is 4.42. The van der Waals surface area contributed by atoms with E-state index >= 15 is 0 Å². The summed E-state index contributed by atoms with van der Waals surface area (Å²) in [6, 6.07) is 10.1. The molecule has 0 aromatic heterocycles. The molecule has 2 fully saturated rings. The Balaban J connectivity index is 1.81. The van der Waals surface area contributed by atoms with E-state index in [1.54, 1.807) is 0 Å². The Morgan fingerprint density at radius 3 is 2.64 bits per heavy atom. The van der Waals surface area contributed by atoms with Crippen molar-refractivity contribution in [1.82, 2.24) is 0 Å². The Morgan fingerprint density at radius 1 is 1.14 bits per heavy atom. The molecule has 2 aliphatic heterocycles. The van der Waals surface area contributed by atoms with Crippen LogP contribution in [0.25, 0.3) is 0 Å². The maximum Gasteiger partial charge on any atom is 0.249 e. The van der Waals surface area contributed by atoms with Crippen molar-refractivity contribution in [1.29, 1.82) is 0 Å². The van der Waals surface area contributed by atoms with E-state index in [4.69, 9.17) is 4.74 Å². The summed E-state index contributed by atoms with van der Waals surface area (Å²) >= 11 is 2.73. The molecular formula is C10H8O2S2. The molecule has 3 atom stereocenters. The van der Waals surface area contributed by atoms with Crippen molar-refractivity contribution >= 4 is 28.0 Å². The van der Waals surface area contributed by atoms with Crippen molar-refractivity contribution in [3.8, 4) is 0 Å². The predicted octanol–water partition coefficient (Wildman–Crippen LogP) is 3.05. The van der Waals surface area contributed by atoms with Crippen LogP contribution < -0.4 is 0 Å². The average molecular weight is 224 g/mol. The van der Waals surface area contributed by atoms with Gasteiger partial charge >= 0.3 is 0 Å². The van der Waals surface area contributed by atoms with Crippen LogP contribution >= 0.6 is 23.5 Å². The molecule has 14 heavy (non-hydrogen) atoms. The molecule has 2 heterocycles. The summed E-state index contributed by atoms with van der Waals surface area (Å²) in [5, 5.41) is 0.329. The molecule has 4 heteroatoms. The lowest BCUT2D eigenvalue weighted by Gasteiger charge is -2.38. The van der Waals surface area contributed by atoms with Crippen molar-refractivity contribution in [2.45, 2.75) is 16.8 Å². The van der Waals surface area contributed by atoms with Gasteiger partial charge in [0.15, 0.2) is 0 Å². The number of hydrogen-bond acceptors (Lipinski definition) is 4. The van der Waals surface area contributed by atoms with Crippen molar-refractivity contribution < 1.29 is 9.53 Å². The third-order valence-electron chi connectivity index (χ3n) is 2.42. The third kappa shape index (κ3) is 1.29. The minimum absolute atomic E-state index is 0.0951. The molecule has 1 aromatic carbocycles. The molecule has 0 aliphatic carbocycles. The van der Waals surface area contributed by atoms with Gasteiger partial charge in [-0.05, 0) is 17.3 Å². The van der Waals surface area contributed by atoms with Gasteiger partial charge < -0.3 is 4.74 Å². The number of ether oxygens (including phenoxy) is 1. The topological polar surface area (TPSA) is 26.3 Å². The minimum Gasteiger partial charge on any atom is -0.357 e. The summed E-state index contributed by atoms with van der Waals surface area (Å²) in [4.78, 5) is 11.1. The van der Waals surface area contributed by atoms with Crippen LogP contribution in [-0.4, -0.2) is 15.1 Å². The molecule has 0 saturated carbocycles. The van der Waals surface area contributed by atoms with Crippen LogP contribution in [0.1, 0.15) is 11.7 Å². The van der Waals surface area contributed by atoms with Gasteiger partial charge in [-0.2, -0.15) is 0 Å². The molecule has 0 spiro atoms. The number of carbonyl (C=O) groups excluding carboxylic acids is 1. The van der Waals surface area contributed by atoms with E-state index < -0.39 is 0 Å². The third-order valence-corrected chi connectivity index (χ3v) is 4.96. The smallest absolute Gasteiger partial charge is 0.249 e. The van der Waals surface area contributed by atoms with Gasteiger partial charge in [0.2, 0.25) is 4.45 Å². The van der Waals surface area contributed by atoms with Crippen LogP contribution in [-0.2, 0) is 4.74 Å². The van der Waals surface area contributed by atoms with E-state index in [1.165, 1.54) is 29.1 Å². The zero-order valence-electron chi connectivity index (χ0n) is 7.25. The first-order valence-corrected chi connectivity index (χ1v) is 6.18. The quantitative estimate of drug-likeness (QED) is 0.732. The van der Waals surface area contributed by atoms with Gasteiger partial charge in [-0.1, -0.05) is 42.1 Å². The Hall–Kier alpha value is -0.450. The highest BCUT2D eigenvalue weighted by molar-refractivity contribution is 8.41. The Kier molecular flexibility index (Phi) is 2.08. The van der Waals surface area contributed by atoms with Crippen LogP contribution in [0.3, 0.4) is 0 Å². The number of thioether (sulfide) groups is 2. The van der Waals surface area contributed by atoms with Crippen molar-refractivity contribution in [2.75, 3.05) is 0 Å². The summed E-state index contributed by atoms with van der Waals surface area (Å²) in [5.41, 5.74) is 1.27. The van der Waals surface area contributed by atoms with Gasteiger partial charge in [0, 0.05) is 0 Å². The second-order valence-electron chi connectivity index (χ2n) is 3.29. The van der Waals surface area contributed by atoms with Gasteiger partial charge in [-0.25, -0.2) is 0 Å². The standard InChI is InChI=1S/C10H8O2S2/c11-10-13-8-7(12-9(8)14-10)6-4-2-1-3-5-6/h1-5,7-9H/t7-,8-,9-/m0/s1. The number of hydrogen-bond donors (Lipinski definition) is 0. The largest absolute Gasteiger partial charge is 0.357 e. The molecule has 0 bridgehead atoms. The number of rotatable bonds is 1. The summed E-state index contributed by atoms with van der Waals surface area (Å²) in [6.07, 6.45) is 0.116. The lowest BCUT2D eigenvalue weighted by Crippen LogP contribution is -2.40. The highest BCUT2D eigenvalue weighted by Crippen LogP contribution is 2.55. The lowest BCUT2D eigenvalue weighted by atomic mass is 10.0. The van der Waals surface area contributed by atoms with E-state index in [1.807, 2.05) is 18.2 Å². The van der Waals surface area contributed by atoms with Gasteiger partial charge in [-0.15, -0.1) is 0 Å². The van der Waals surface area contributed by atoms with Gasteiger partial charge in [0.05, 0.1) is 11.4 Å². The fourth-order valence-electron chi connectivity index (χ4n) is 1.71. The highest BCUT2D eigenvalue weighted by atomic mass is 32.2. The molecule has 1 aromatic rings. The van der Waals surface area contributed by atoms with Crippen LogP contribution in [0.15, 0.2) is 30.3 Å². The fourth-order valence-corrected chi connectivity index (χ4v) is 4.27. The zero-order valence-corrected chi connectivity index (χ0v) is 8.88. The molecule has 72 valence electrons. The monoisotopic (exact) mass is 224 g/mol. The molecule has 2 aliphatic rings. The molecule has 0 amide bonds. The number of carbonyl (C=O) groups is 1. The van der Waals surface area contributed by atoms with Gasteiger partial charge in [0.25, 0.3) is 0 Å². The van der Waals surface area contributed by atoms with Gasteiger partial charge in [-0.3, -0.25) is 4.79 Å². The van der Waals surface area contributed by atoms with Crippen LogP contribution in [0.2, 0.25) is 0 Å². The number of fused-ring (bicyclic) bond motifs is 1. The Bertz CT molecular complexity index is 366. The van der Waals surface area contributed by atoms with Crippen LogP contribution in [0, 0.1) is 0 Å². The molecule has 0 N–H and O–H groups in total. The van der Waals surface area contributed by atoms with Gasteiger partial charge in [0.1, 0.15) is 5.44 Å². The summed E-state index contributed by atoms with van der Waals surface area (Å²) in [6.45, 7) is 0. The van der Waals surface area contributed by atoms with Crippen LogP contribution in [0.5, 0.6) is 0 Å². The second-order valence-corrected chi connectivity index (χ2v) is 5.77. The molecular weight excluding hydrogens is 216 g/mol. The molecule has 0 unspecified atom stereocenters. The van der Waals surface area contributed by atoms with Crippen molar-refractivity contribution in [3.63, 3.8) is 0 Å². The first kappa shape index (κ1) is 8.83. The van der Waals surface area contributed by atoms with E-state index in [9.17, 15) is 4.79 Å². The zero-order chi connectivity index (χ0) is 9.54. The summed E-state index contributed by atoms with van der Waals surface area (Å²) < 4.78 is 5.83. The normalized spacial score (nSPS) is 35.1. The molecule has 2 nitrogen and oxygen atoms in total. The van der Waals surface area contributed by atoms with Crippen molar-refractivity contribution in [3.05, 3.63) is 35.9 Å². The fraction of sp³-hybridized carbons (Fsp3) is 0.300. The molecule has 2 saturated heterocycles. The maximum absolute atomic E-state index is 11.1. The summed E-state index contributed by atoms with van der Waals surface area (Å²) in [7, 11) is 0.